The molecule has 0 fully saturated rings. The summed E-state index contributed by atoms with van der Waals surface area (Å²) in [4.78, 5) is 57.2. The van der Waals surface area contributed by atoms with Crippen LogP contribution >= 0.6 is 0 Å². The molecule has 12 nitrogen and oxygen atoms in total. The van der Waals surface area contributed by atoms with Crippen molar-refractivity contribution in [3.63, 3.8) is 0 Å². The smallest absolute Gasteiger partial charge is 0.550 e. The minimum absolute atomic E-state index is 0. The molecular weight excluding hydrogens is 473 g/mol. The maximum atomic E-state index is 11.9. The summed E-state index contributed by atoms with van der Waals surface area (Å²) in [5, 5.41) is 48.2. The van der Waals surface area contributed by atoms with Gasteiger partial charge < -0.3 is 44.5 Å². The van der Waals surface area contributed by atoms with Crippen molar-refractivity contribution in [2.45, 2.75) is 38.8 Å². The second-order valence-corrected chi connectivity index (χ2v) is 6.20. The third-order valence-corrected chi connectivity index (χ3v) is 3.89. The van der Waals surface area contributed by atoms with Crippen LogP contribution in [0.3, 0.4) is 0 Å². The average Bonchev–Trinajstić information content (AvgIpc) is 2.60. The second-order valence-electron chi connectivity index (χ2n) is 6.20. The van der Waals surface area contributed by atoms with E-state index in [9.17, 15) is 39.3 Å². The number of pyridine rings is 2. The van der Waals surface area contributed by atoms with Crippen LogP contribution in [-0.4, -0.2) is 49.2 Å². The number of aromatic carboxylic acids is 1. The number of aliphatic carboxylic acids is 3. The van der Waals surface area contributed by atoms with Gasteiger partial charge >= 0.3 is 94.6 Å². The zero-order chi connectivity index (χ0) is 23.2. The summed E-state index contributed by atoms with van der Waals surface area (Å²) < 4.78 is 1.67. The summed E-state index contributed by atoms with van der Waals surface area (Å²) in [6.07, 6.45) is -1.37. The van der Waals surface area contributed by atoms with Crippen LogP contribution in [0.4, 0.5) is 0 Å². The van der Waals surface area contributed by atoms with Crippen molar-refractivity contribution in [3.8, 4) is 0 Å². The Labute approximate surface area is 253 Å². The van der Waals surface area contributed by atoms with Crippen molar-refractivity contribution in [2.24, 2.45) is 0 Å². The van der Waals surface area contributed by atoms with Crippen LogP contribution in [0.5, 0.6) is 0 Å². The molecule has 162 valence electrons. The molecule has 15 heteroatoms. The number of aliphatic hydroxyl groups is 1. The number of aromatic nitrogens is 2. The Morgan fingerprint density at radius 1 is 1.03 bits per heavy atom. The zero-order valence-corrected chi connectivity index (χ0v) is 24.9. The third kappa shape index (κ3) is 10.6. The van der Waals surface area contributed by atoms with Gasteiger partial charge in [0.05, 0.1) is 11.4 Å². The van der Waals surface area contributed by atoms with Gasteiger partial charge in [0.25, 0.3) is 0 Å². The number of carboxylic acids is 4. The van der Waals surface area contributed by atoms with Gasteiger partial charge in [-0.25, -0.2) is 9.78 Å². The molecule has 0 spiro atoms. The quantitative estimate of drug-likeness (QED) is 0.348. The fourth-order valence-electron chi connectivity index (χ4n) is 2.44. The molecule has 0 aromatic carbocycles. The van der Waals surface area contributed by atoms with Crippen LogP contribution in [-0.2, 0) is 20.9 Å². The Hall–Kier alpha value is -0.800. The molecule has 2 aromatic rings. The summed E-state index contributed by atoms with van der Waals surface area (Å²) in [5.74, 6) is -7.19. The van der Waals surface area contributed by atoms with Gasteiger partial charge in [0.2, 0.25) is 5.43 Å². The van der Waals surface area contributed by atoms with Gasteiger partial charge in [-0.2, -0.15) is 0 Å². The Bertz CT molecular complexity index is 1060. The van der Waals surface area contributed by atoms with E-state index in [1.165, 1.54) is 6.20 Å². The average molecular weight is 490 g/mol. The minimum atomic E-state index is -2.97. The molecule has 0 aliphatic carbocycles. The van der Waals surface area contributed by atoms with Crippen molar-refractivity contribution < 1.29 is 133 Å². The molecule has 0 radical (unpaired) electrons. The maximum absolute atomic E-state index is 11.9. The summed E-state index contributed by atoms with van der Waals surface area (Å²) >= 11 is 0. The first kappa shape index (κ1) is 36.8. The Kier molecular flexibility index (Phi) is 17.8. The van der Waals surface area contributed by atoms with Crippen LogP contribution in [0.2, 0.25) is 0 Å². The van der Waals surface area contributed by atoms with Crippen LogP contribution in [0.15, 0.2) is 23.1 Å². The Morgan fingerprint density at radius 2 is 1.52 bits per heavy atom. The molecule has 2 heterocycles. The predicted octanol–water partition coefficient (Wildman–Crippen LogP) is -12.8. The molecule has 2 N–H and O–H groups in total. The summed E-state index contributed by atoms with van der Waals surface area (Å²) in [5.41, 5.74) is -2.35. The summed E-state index contributed by atoms with van der Waals surface area (Å²) in [6, 6.07) is 3.33. The molecule has 0 bridgehead atoms. The molecule has 0 aliphatic rings. The fraction of sp³-hybridized carbons (Fsp3) is 0.333. The van der Waals surface area contributed by atoms with Crippen molar-refractivity contribution in [2.75, 3.05) is 0 Å². The molecule has 2 rings (SSSR count). The van der Waals surface area contributed by atoms with E-state index < -0.39 is 47.7 Å². The first-order chi connectivity index (χ1) is 13.8. The zero-order valence-electron chi connectivity index (χ0n) is 18.9. The van der Waals surface area contributed by atoms with E-state index in [0.717, 1.165) is 5.69 Å². The SMILES string of the molecule is CCn1cc(C(=O)O)c(=O)c2ccc(C)nc21.O=C([O-])CC(O)(CC(=O)[O-])C(=O)[O-].[Na+].[Na+].[Na+]. The number of hydrogen-bond donors (Lipinski definition) is 2. The molecule has 0 unspecified atom stereocenters. The van der Waals surface area contributed by atoms with Crippen molar-refractivity contribution >= 4 is 34.9 Å². The van der Waals surface area contributed by atoms with E-state index in [2.05, 4.69) is 4.98 Å². The third-order valence-electron chi connectivity index (χ3n) is 3.89. The van der Waals surface area contributed by atoms with Crippen molar-refractivity contribution in [1.29, 1.82) is 0 Å². The Balaban J connectivity index is -0.000000517. The number of aryl methyl sites for hydroxylation is 2. The number of hydrogen-bond acceptors (Lipinski definition) is 10. The van der Waals surface area contributed by atoms with Crippen LogP contribution in [0, 0.1) is 6.92 Å². The number of carboxylic acid groups (broad SMARTS) is 4. The molecule has 2 aromatic heterocycles. The second kappa shape index (κ2) is 16.0. The van der Waals surface area contributed by atoms with Gasteiger partial charge in [-0.05, 0) is 26.0 Å². The number of carbonyl (C=O) groups is 4. The molecule has 0 saturated carbocycles. The molecule has 0 aliphatic heterocycles. The van der Waals surface area contributed by atoms with Crippen molar-refractivity contribution in [1.82, 2.24) is 9.55 Å². The standard InChI is InChI=1S/C12H12N2O3.C6H8O7.3Na/c1-3-14-6-9(12(16)17)10(15)8-5-4-7(2)13-11(8)14;7-3(8)1-6(13,5(11)12)2-4(9)10;;;/h4-6H,3H2,1-2H3,(H,16,17);13H,1-2H2,(H,7,8)(H,9,10)(H,11,12);;;/q;;3*+1/p-3. The van der Waals surface area contributed by atoms with E-state index in [1.807, 2.05) is 13.8 Å². The normalized spacial score (nSPS) is 9.79. The van der Waals surface area contributed by atoms with E-state index >= 15 is 0 Å². The Morgan fingerprint density at radius 3 is 1.88 bits per heavy atom. The molecular formula is C18H17N2Na3O10. The molecule has 33 heavy (non-hydrogen) atoms. The van der Waals surface area contributed by atoms with Gasteiger partial charge in [-0.1, -0.05) is 0 Å². The van der Waals surface area contributed by atoms with E-state index in [1.54, 1.807) is 16.7 Å². The van der Waals surface area contributed by atoms with Crippen LogP contribution in [0.1, 0.15) is 35.8 Å². The largest absolute Gasteiger partial charge is 1.00 e. The predicted molar refractivity (Wildman–Crippen MR) is 92.6 cm³/mol. The van der Waals surface area contributed by atoms with Gasteiger partial charge in [0, 0.05) is 43.2 Å². The van der Waals surface area contributed by atoms with Crippen LogP contribution < -0.4 is 109 Å². The van der Waals surface area contributed by atoms with Gasteiger partial charge in [0.15, 0.2) is 0 Å². The monoisotopic (exact) mass is 490 g/mol. The minimum Gasteiger partial charge on any atom is -0.550 e. The van der Waals surface area contributed by atoms with E-state index in [-0.39, 0.29) is 94.2 Å². The summed E-state index contributed by atoms with van der Waals surface area (Å²) in [7, 11) is 0. The summed E-state index contributed by atoms with van der Waals surface area (Å²) in [6.45, 7) is 4.27. The number of carbonyl (C=O) groups excluding carboxylic acids is 3. The van der Waals surface area contributed by atoms with Gasteiger partial charge in [-0.3, -0.25) is 4.79 Å². The van der Waals surface area contributed by atoms with Crippen molar-refractivity contribution in [3.05, 3.63) is 39.8 Å². The van der Waals surface area contributed by atoms with Crippen LogP contribution in [0.25, 0.3) is 11.0 Å². The fourth-order valence-corrected chi connectivity index (χ4v) is 2.44. The van der Waals surface area contributed by atoms with E-state index in [4.69, 9.17) is 10.2 Å². The topological polar surface area (TPSA) is 213 Å². The molecule has 0 saturated heterocycles. The van der Waals surface area contributed by atoms with E-state index in [0.29, 0.717) is 17.6 Å². The van der Waals surface area contributed by atoms with Gasteiger partial charge in [0.1, 0.15) is 16.8 Å². The first-order valence-corrected chi connectivity index (χ1v) is 8.40. The first-order valence-electron chi connectivity index (χ1n) is 8.40. The number of rotatable bonds is 7. The molecule has 0 amide bonds. The molecule has 0 atom stereocenters. The number of nitrogens with zero attached hydrogens (tertiary/aromatic N) is 2. The number of fused-ring (bicyclic) bond motifs is 1. The van der Waals surface area contributed by atoms with Gasteiger partial charge in [-0.15, -0.1) is 0 Å². The maximum Gasteiger partial charge on any atom is 1.00 e.